The summed E-state index contributed by atoms with van der Waals surface area (Å²) in [5.74, 6) is 0. The highest BCUT2D eigenvalue weighted by atomic mass is 32.2. The minimum absolute atomic E-state index is 0.0415. The van der Waals surface area contributed by atoms with Crippen molar-refractivity contribution < 1.29 is 25.9 Å². The standard InChI is InChI=1S/C14H16N4O6S2/c1-18(2)12-4-3-5-13(25(19,20)21)14(12)16-15-10-6-8-11(9-7-10)17-26(22,23)24/h3-9,17H,1-2H3,(H,19,20,21)(H,22,23,24)/b16-15+. The summed E-state index contributed by atoms with van der Waals surface area (Å²) in [6, 6.07) is 9.77. The molecule has 12 heteroatoms. The molecule has 0 aliphatic heterocycles. The molecule has 3 N–H and O–H groups in total. The molecule has 0 saturated heterocycles. The van der Waals surface area contributed by atoms with E-state index in [0.717, 1.165) is 0 Å². The van der Waals surface area contributed by atoms with Crippen LogP contribution in [0.25, 0.3) is 0 Å². The number of nitrogens with one attached hydrogen (secondary N) is 1. The maximum absolute atomic E-state index is 11.6. The van der Waals surface area contributed by atoms with Crippen LogP contribution in [0, 0.1) is 0 Å². The first-order chi connectivity index (χ1) is 12.0. The lowest BCUT2D eigenvalue weighted by molar-refractivity contribution is 0.482. The fourth-order valence-corrected chi connectivity index (χ4v) is 3.11. The van der Waals surface area contributed by atoms with E-state index in [9.17, 15) is 21.4 Å². The van der Waals surface area contributed by atoms with Gasteiger partial charge in [0.2, 0.25) is 0 Å². The molecule has 2 rings (SSSR count). The van der Waals surface area contributed by atoms with Gasteiger partial charge >= 0.3 is 10.3 Å². The van der Waals surface area contributed by atoms with Gasteiger partial charge in [-0.2, -0.15) is 21.9 Å². The summed E-state index contributed by atoms with van der Waals surface area (Å²) in [5, 5.41) is 7.84. The van der Waals surface area contributed by atoms with E-state index >= 15 is 0 Å². The topological polar surface area (TPSA) is 149 Å². The number of anilines is 2. The monoisotopic (exact) mass is 400 g/mol. The Balaban J connectivity index is 2.41. The Kier molecular flexibility index (Phi) is 5.61. The summed E-state index contributed by atoms with van der Waals surface area (Å²) in [7, 11) is -5.54. The molecule has 0 spiro atoms. The highest BCUT2D eigenvalue weighted by molar-refractivity contribution is 7.87. The highest BCUT2D eigenvalue weighted by Crippen LogP contribution is 2.35. The Hall–Kier alpha value is -2.54. The molecule has 2 aromatic rings. The lowest BCUT2D eigenvalue weighted by Crippen LogP contribution is -2.10. The summed E-state index contributed by atoms with van der Waals surface area (Å²) < 4.78 is 64.6. The van der Waals surface area contributed by atoms with Crippen molar-refractivity contribution in [2.24, 2.45) is 10.2 Å². The second-order valence-electron chi connectivity index (χ2n) is 5.32. The maximum atomic E-state index is 11.6. The molecule has 0 atom stereocenters. The van der Waals surface area contributed by atoms with E-state index in [1.807, 2.05) is 4.72 Å². The highest BCUT2D eigenvalue weighted by Gasteiger charge is 2.19. The molecule has 26 heavy (non-hydrogen) atoms. The summed E-state index contributed by atoms with van der Waals surface area (Å²) in [5.41, 5.74) is 0.785. The number of benzene rings is 2. The van der Waals surface area contributed by atoms with E-state index in [0.29, 0.717) is 11.4 Å². The summed E-state index contributed by atoms with van der Waals surface area (Å²) >= 11 is 0. The van der Waals surface area contributed by atoms with E-state index < -0.39 is 25.3 Å². The van der Waals surface area contributed by atoms with Gasteiger partial charge in [-0.25, -0.2) is 0 Å². The Morgan fingerprint density at radius 2 is 1.54 bits per heavy atom. The normalized spacial score (nSPS) is 12.3. The van der Waals surface area contributed by atoms with Crippen LogP contribution >= 0.6 is 0 Å². The SMILES string of the molecule is CN(C)c1cccc(S(=O)(=O)O)c1/N=N/c1ccc(NS(=O)(=O)O)cc1. The van der Waals surface area contributed by atoms with Gasteiger partial charge in [-0.15, -0.1) is 5.11 Å². The molecule has 0 aliphatic carbocycles. The number of rotatable bonds is 6. The first kappa shape index (κ1) is 19.8. The molecule has 0 radical (unpaired) electrons. The third-order valence-corrected chi connectivity index (χ3v) is 4.50. The smallest absolute Gasteiger partial charge is 0.357 e. The molecule has 0 heterocycles. The molecular formula is C14H16N4O6S2. The first-order valence-corrected chi connectivity index (χ1v) is 9.90. The van der Waals surface area contributed by atoms with Gasteiger partial charge < -0.3 is 4.90 Å². The van der Waals surface area contributed by atoms with Crippen LogP contribution in [0.3, 0.4) is 0 Å². The first-order valence-electron chi connectivity index (χ1n) is 7.02. The zero-order chi connectivity index (χ0) is 19.5. The van der Waals surface area contributed by atoms with Crippen LogP contribution in [-0.4, -0.2) is 40.0 Å². The number of hydrogen-bond acceptors (Lipinski definition) is 7. The average Bonchev–Trinajstić information content (AvgIpc) is 2.51. The van der Waals surface area contributed by atoms with Gasteiger partial charge in [0.05, 0.1) is 17.1 Å². The molecule has 0 saturated carbocycles. The lowest BCUT2D eigenvalue weighted by atomic mass is 10.2. The number of azo groups is 1. The second kappa shape index (κ2) is 7.37. The molecule has 0 aromatic heterocycles. The summed E-state index contributed by atoms with van der Waals surface area (Å²) in [4.78, 5) is 1.22. The predicted molar refractivity (Wildman–Crippen MR) is 96.4 cm³/mol. The van der Waals surface area contributed by atoms with E-state index in [4.69, 9.17) is 4.55 Å². The molecule has 0 amide bonds. The van der Waals surface area contributed by atoms with E-state index in [-0.39, 0.29) is 11.4 Å². The van der Waals surface area contributed by atoms with Crippen molar-refractivity contribution in [1.29, 1.82) is 0 Å². The molecule has 0 fully saturated rings. The maximum Gasteiger partial charge on any atom is 0.357 e. The Labute approximate surface area is 150 Å². The third kappa shape index (κ3) is 5.23. The van der Waals surface area contributed by atoms with Crippen LogP contribution < -0.4 is 9.62 Å². The minimum Gasteiger partial charge on any atom is -0.376 e. The van der Waals surface area contributed by atoms with Gasteiger partial charge in [-0.05, 0) is 36.4 Å². The zero-order valence-corrected chi connectivity index (χ0v) is 15.4. The number of hydrogen-bond donors (Lipinski definition) is 3. The predicted octanol–water partition coefficient (Wildman–Crippen LogP) is 2.63. The van der Waals surface area contributed by atoms with Crippen molar-refractivity contribution in [3.8, 4) is 0 Å². The lowest BCUT2D eigenvalue weighted by Gasteiger charge is -2.16. The molecule has 2 aromatic carbocycles. The molecule has 0 unspecified atom stereocenters. The fourth-order valence-electron chi connectivity index (χ4n) is 2.03. The van der Waals surface area contributed by atoms with Crippen molar-refractivity contribution in [1.82, 2.24) is 0 Å². The largest absolute Gasteiger partial charge is 0.376 e. The van der Waals surface area contributed by atoms with Crippen molar-refractivity contribution in [2.45, 2.75) is 4.90 Å². The van der Waals surface area contributed by atoms with Gasteiger partial charge in [0, 0.05) is 14.1 Å². The van der Waals surface area contributed by atoms with Gasteiger partial charge in [-0.1, -0.05) is 6.07 Å². The molecule has 140 valence electrons. The van der Waals surface area contributed by atoms with Crippen LogP contribution in [0.2, 0.25) is 0 Å². The second-order valence-corrected chi connectivity index (χ2v) is 7.86. The zero-order valence-electron chi connectivity index (χ0n) is 13.7. The minimum atomic E-state index is -4.51. The average molecular weight is 400 g/mol. The van der Waals surface area contributed by atoms with Crippen LogP contribution in [0.4, 0.5) is 22.7 Å². The van der Waals surface area contributed by atoms with Gasteiger partial charge in [0.1, 0.15) is 10.6 Å². The van der Waals surface area contributed by atoms with Crippen molar-refractivity contribution in [3.05, 3.63) is 42.5 Å². The van der Waals surface area contributed by atoms with Crippen LogP contribution in [-0.2, 0) is 20.4 Å². The molecule has 0 aliphatic rings. The van der Waals surface area contributed by atoms with E-state index in [1.165, 1.54) is 36.4 Å². The molecule has 0 bridgehead atoms. The van der Waals surface area contributed by atoms with Gasteiger partial charge in [-0.3, -0.25) is 13.8 Å². The van der Waals surface area contributed by atoms with Crippen LogP contribution in [0.15, 0.2) is 57.6 Å². The number of nitrogens with zero attached hydrogens (tertiary/aromatic N) is 3. The quantitative estimate of drug-likeness (QED) is 0.498. The third-order valence-electron chi connectivity index (χ3n) is 3.12. The Bertz CT molecular complexity index is 1030. The molecular weight excluding hydrogens is 384 g/mol. The summed E-state index contributed by atoms with van der Waals surface area (Å²) in [6.45, 7) is 0. The van der Waals surface area contributed by atoms with Gasteiger partial charge in [0.15, 0.2) is 0 Å². The van der Waals surface area contributed by atoms with Crippen LogP contribution in [0.5, 0.6) is 0 Å². The Morgan fingerprint density at radius 3 is 2.04 bits per heavy atom. The van der Waals surface area contributed by atoms with Crippen LogP contribution in [0.1, 0.15) is 0 Å². The summed E-state index contributed by atoms with van der Waals surface area (Å²) in [6.07, 6.45) is 0. The van der Waals surface area contributed by atoms with Crippen molar-refractivity contribution in [3.63, 3.8) is 0 Å². The van der Waals surface area contributed by atoms with E-state index in [1.54, 1.807) is 25.1 Å². The Morgan fingerprint density at radius 1 is 0.923 bits per heavy atom. The fraction of sp³-hybridized carbons (Fsp3) is 0.143. The van der Waals surface area contributed by atoms with Crippen molar-refractivity contribution in [2.75, 3.05) is 23.7 Å². The van der Waals surface area contributed by atoms with Crippen molar-refractivity contribution >= 4 is 43.2 Å². The van der Waals surface area contributed by atoms with E-state index in [2.05, 4.69) is 10.2 Å². The molecule has 10 nitrogen and oxygen atoms in total. The van der Waals surface area contributed by atoms with Gasteiger partial charge in [0.25, 0.3) is 10.1 Å².